The van der Waals surface area contributed by atoms with E-state index in [0.717, 1.165) is 12.0 Å². The van der Waals surface area contributed by atoms with Crippen molar-refractivity contribution in [3.63, 3.8) is 0 Å². The van der Waals surface area contributed by atoms with Gasteiger partial charge in [-0.15, -0.1) is 0 Å². The Hall–Kier alpha value is -1.95. The predicted octanol–water partition coefficient (Wildman–Crippen LogP) is 4.11. The summed E-state index contributed by atoms with van der Waals surface area (Å²) in [4.78, 5) is 14.5. The second-order valence-electron chi connectivity index (χ2n) is 3.82. The number of nitro groups is 1. The molecular weight excluding hydrogens is 312 g/mol. The van der Waals surface area contributed by atoms with Gasteiger partial charge in [-0.1, -0.05) is 13.0 Å². The topological polar surface area (TPSA) is 65.3 Å². The molecule has 5 nitrogen and oxygen atoms in total. The van der Waals surface area contributed by atoms with Crippen LogP contribution in [0.1, 0.15) is 12.5 Å². The molecule has 0 atom stereocenters. The molecule has 0 bridgehead atoms. The average Bonchev–Trinajstić information content (AvgIpc) is 2.41. The summed E-state index contributed by atoms with van der Waals surface area (Å²) in [6, 6.07) is 6.60. The molecule has 6 heteroatoms. The molecular formula is C13H11BrN2O3. The summed E-state index contributed by atoms with van der Waals surface area (Å²) >= 11 is 3.29. The Labute approximate surface area is 118 Å². The Morgan fingerprint density at radius 2 is 2.16 bits per heavy atom. The minimum Gasteiger partial charge on any atom is -0.449 e. The van der Waals surface area contributed by atoms with Crippen molar-refractivity contribution in [2.24, 2.45) is 0 Å². The summed E-state index contributed by atoms with van der Waals surface area (Å²) in [5.41, 5.74) is 0.857. The third kappa shape index (κ3) is 3.08. The Morgan fingerprint density at radius 1 is 1.37 bits per heavy atom. The van der Waals surface area contributed by atoms with Gasteiger partial charge in [0.2, 0.25) is 5.75 Å². The lowest BCUT2D eigenvalue weighted by atomic mass is 10.1. The summed E-state index contributed by atoms with van der Waals surface area (Å²) in [5.74, 6) is 0.705. The number of ether oxygens (including phenoxy) is 1. The van der Waals surface area contributed by atoms with Gasteiger partial charge in [0.05, 0.1) is 9.40 Å². The van der Waals surface area contributed by atoms with E-state index < -0.39 is 4.92 Å². The maximum atomic E-state index is 11.1. The van der Waals surface area contributed by atoms with Gasteiger partial charge >= 0.3 is 5.69 Å². The first kappa shape index (κ1) is 13.5. The summed E-state index contributed by atoms with van der Waals surface area (Å²) in [5, 5.41) is 11.1. The molecule has 0 spiro atoms. The molecule has 0 saturated carbocycles. The van der Waals surface area contributed by atoms with Crippen LogP contribution in [-0.4, -0.2) is 9.91 Å². The van der Waals surface area contributed by atoms with E-state index in [1.165, 1.54) is 6.07 Å². The highest BCUT2D eigenvalue weighted by Crippen LogP contribution is 2.35. The molecule has 1 heterocycles. The highest BCUT2D eigenvalue weighted by atomic mass is 79.9. The van der Waals surface area contributed by atoms with Crippen molar-refractivity contribution >= 4 is 21.6 Å². The molecule has 2 aromatic rings. The third-order valence-corrected chi connectivity index (χ3v) is 3.18. The van der Waals surface area contributed by atoms with E-state index in [9.17, 15) is 10.1 Å². The number of aromatic nitrogens is 1. The number of halogens is 1. The van der Waals surface area contributed by atoms with E-state index in [1.807, 2.05) is 13.0 Å². The van der Waals surface area contributed by atoms with Gasteiger partial charge in [-0.25, -0.2) is 0 Å². The molecule has 2 rings (SSSR count). The molecule has 98 valence electrons. The van der Waals surface area contributed by atoms with E-state index in [2.05, 4.69) is 20.9 Å². The van der Waals surface area contributed by atoms with Crippen LogP contribution in [0.5, 0.6) is 11.5 Å². The van der Waals surface area contributed by atoms with Crippen LogP contribution in [0, 0.1) is 10.1 Å². The van der Waals surface area contributed by atoms with Gasteiger partial charge in [0.1, 0.15) is 5.75 Å². The first-order valence-electron chi connectivity index (χ1n) is 5.66. The smallest absolute Gasteiger partial charge is 0.311 e. The van der Waals surface area contributed by atoms with Gasteiger partial charge in [0, 0.05) is 24.5 Å². The zero-order chi connectivity index (χ0) is 13.8. The molecule has 0 unspecified atom stereocenters. The number of aryl methyl sites for hydroxylation is 1. The Balaban J connectivity index is 2.40. The Kier molecular flexibility index (Phi) is 4.11. The summed E-state index contributed by atoms with van der Waals surface area (Å²) in [6.45, 7) is 1.94. The van der Waals surface area contributed by atoms with E-state index in [1.54, 1.807) is 24.5 Å². The number of nitro benzene ring substituents is 1. The fourth-order valence-corrected chi connectivity index (χ4v) is 1.91. The van der Waals surface area contributed by atoms with Crippen LogP contribution in [0.4, 0.5) is 5.69 Å². The maximum absolute atomic E-state index is 11.1. The first-order valence-corrected chi connectivity index (χ1v) is 6.45. The van der Waals surface area contributed by atoms with E-state index >= 15 is 0 Å². The third-order valence-electron chi connectivity index (χ3n) is 2.58. The molecule has 19 heavy (non-hydrogen) atoms. The number of hydrogen-bond acceptors (Lipinski definition) is 4. The standard InChI is InChI=1S/C13H11BrN2O3/c1-2-9-3-4-13(11(7-9)16(17)18)19-12-5-6-15-8-10(12)14/h3-8H,2H2,1H3. The highest BCUT2D eigenvalue weighted by molar-refractivity contribution is 9.10. The Bertz CT molecular complexity index is 617. The van der Waals surface area contributed by atoms with Gasteiger partial charge in [-0.3, -0.25) is 15.1 Å². The van der Waals surface area contributed by atoms with Crippen molar-refractivity contribution < 1.29 is 9.66 Å². The van der Waals surface area contributed by atoms with E-state index in [0.29, 0.717) is 10.2 Å². The lowest BCUT2D eigenvalue weighted by Gasteiger charge is -2.08. The van der Waals surface area contributed by atoms with Crippen LogP contribution < -0.4 is 4.74 Å². The summed E-state index contributed by atoms with van der Waals surface area (Å²) in [6.07, 6.45) is 3.87. The van der Waals surface area contributed by atoms with Crippen molar-refractivity contribution in [1.82, 2.24) is 4.98 Å². The van der Waals surface area contributed by atoms with Crippen LogP contribution in [-0.2, 0) is 6.42 Å². The SMILES string of the molecule is CCc1ccc(Oc2ccncc2Br)c([N+](=O)[O-])c1. The number of hydrogen-bond donors (Lipinski definition) is 0. The van der Waals surface area contributed by atoms with Crippen molar-refractivity contribution in [3.05, 3.63) is 56.8 Å². The van der Waals surface area contributed by atoms with Crippen molar-refractivity contribution in [2.45, 2.75) is 13.3 Å². The van der Waals surface area contributed by atoms with Crippen molar-refractivity contribution in [3.8, 4) is 11.5 Å². The van der Waals surface area contributed by atoms with Crippen LogP contribution in [0.2, 0.25) is 0 Å². The fourth-order valence-electron chi connectivity index (χ4n) is 1.58. The normalized spacial score (nSPS) is 10.2. The molecule has 0 radical (unpaired) electrons. The van der Waals surface area contributed by atoms with Gasteiger partial charge in [-0.05, 0) is 34.0 Å². The van der Waals surface area contributed by atoms with Crippen molar-refractivity contribution in [1.29, 1.82) is 0 Å². The molecule has 0 amide bonds. The molecule has 0 aliphatic rings. The minimum absolute atomic E-state index is 0.0388. The second-order valence-corrected chi connectivity index (χ2v) is 4.68. The lowest BCUT2D eigenvalue weighted by Crippen LogP contribution is -1.95. The van der Waals surface area contributed by atoms with Crippen LogP contribution >= 0.6 is 15.9 Å². The number of rotatable bonds is 4. The second kappa shape index (κ2) is 5.79. The summed E-state index contributed by atoms with van der Waals surface area (Å²) < 4.78 is 6.22. The van der Waals surface area contributed by atoms with Crippen molar-refractivity contribution in [2.75, 3.05) is 0 Å². The van der Waals surface area contributed by atoms with Crippen LogP contribution in [0.25, 0.3) is 0 Å². The number of nitrogens with zero attached hydrogens (tertiary/aromatic N) is 2. The highest BCUT2D eigenvalue weighted by Gasteiger charge is 2.17. The van der Waals surface area contributed by atoms with Crippen LogP contribution in [0.15, 0.2) is 41.1 Å². The van der Waals surface area contributed by atoms with Gasteiger partial charge in [-0.2, -0.15) is 0 Å². The molecule has 0 fully saturated rings. The average molecular weight is 323 g/mol. The predicted molar refractivity (Wildman–Crippen MR) is 74.5 cm³/mol. The zero-order valence-electron chi connectivity index (χ0n) is 10.2. The minimum atomic E-state index is -0.441. The fraction of sp³-hybridized carbons (Fsp3) is 0.154. The maximum Gasteiger partial charge on any atom is 0.311 e. The number of benzene rings is 1. The lowest BCUT2D eigenvalue weighted by molar-refractivity contribution is -0.385. The van der Waals surface area contributed by atoms with Crippen LogP contribution in [0.3, 0.4) is 0 Å². The van der Waals surface area contributed by atoms with E-state index in [-0.39, 0.29) is 11.4 Å². The summed E-state index contributed by atoms with van der Waals surface area (Å²) in [7, 11) is 0. The molecule has 0 aliphatic heterocycles. The molecule has 0 saturated heterocycles. The zero-order valence-corrected chi connectivity index (χ0v) is 11.8. The number of pyridine rings is 1. The van der Waals surface area contributed by atoms with E-state index in [4.69, 9.17) is 4.74 Å². The Morgan fingerprint density at radius 3 is 2.79 bits per heavy atom. The quantitative estimate of drug-likeness (QED) is 0.627. The molecule has 0 N–H and O–H groups in total. The largest absolute Gasteiger partial charge is 0.449 e. The molecule has 1 aromatic carbocycles. The molecule has 1 aromatic heterocycles. The van der Waals surface area contributed by atoms with Gasteiger partial charge < -0.3 is 4.74 Å². The monoisotopic (exact) mass is 322 g/mol. The van der Waals surface area contributed by atoms with Gasteiger partial charge in [0.25, 0.3) is 0 Å². The van der Waals surface area contributed by atoms with Gasteiger partial charge in [0.15, 0.2) is 0 Å². The first-order chi connectivity index (χ1) is 9.11. The molecule has 0 aliphatic carbocycles.